The molecule has 0 bridgehead atoms. The molecule has 0 radical (unpaired) electrons. The van der Waals surface area contributed by atoms with Gasteiger partial charge in [0.15, 0.2) is 0 Å². The molecule has 1 saturated carbocycles. The van der Waals surface area contributed by atoms with Gasteiger partial charge in [-0.25, -0.2) is 4.98 Å². The summed E-state index contributed by atoms with van der Waals surface area (Å²) in [5, 5.41) is 6.19. The smallest absolute Gasteiger partial charge is 0.271 e. The fraction of sp³-hybridized carbons (Fsp3) is 0.722. The number of rotatable bonds is 6. The minimum Gasteiger partial charge on any atom is -0.353 e. The van der Waals surface area contributed by atoms with E-state index in [-0.39, 0.29) is 23.8 Å². The van der Waals surface area contributed by atoms with Crippen LogP contribution in [0.25, 0.3) is 0 Å². The Morgan fingerprint density at radius 1 is 1.29 bits per heavy atom. The van der Waals surface area contributed by atoms with Crippen LogP contribution in [-0.2, 0) is 17.8 Å². The summed E-state index contributed by atoms with van der Waals surface area (Å²) in [5.74, 6) is 0.0548. The Bertz CT molecular complexity index is 602. The number of carbonyl (C=O) groups is 2. The molecule has 1 aromatic rings. The lowest BCUT2D eigenvalue weighted by Gasteiger charge is -2.30. The molecule has 0 aromatic carbocycles. The van der Waals surface area contributed by atoms with Gasteiger partial charge in [0, 0.05) is 18.6 Å². The van der Waals surface area contributed by atoms with E-state index in [1.54, 1.807) is 6.33 Å². The largest absolute Gasteiger partial charge is 0.353 e. The summed E-state index contributed by atoms with van der Waals surface area (Å²) < 4.78 is 1.98. The number of amides is 2. The zero-order valence-electron chi connectivity index (χ0n) is 14.7. The molecule has 6 heteroatoms. The molecule has 3 rings (SSSR count). The lowest BCUT2D eigenvalue weighted by molar-refractivity contribution is -0.127. The lowest BCUT2D eigenvalue weighted by atomic mass is 9.91. The van der Waals surface area contributed by atoms with Crippen molar-refractivity contribution in [3.63, 3.8) is 0 Å². The monoisotopic (exact) mass is 332 g/mol. The summed E-state index contributed by atoms with van der Waals surface area (Å²) in [6.45, 7) is 4.77. The van der Waals surface area contributed by atoms with E-state index in [9.17, 15) is 9.59 Å². The van der Waals surface area contributed by atoms with Crippen LogP contribution < -0.4 is 10.6 Å². The van der Waals surface area contributed by atoms with Crippen molar-refractivity contribution in [3.05, 3.63) is 17.7 Å². The Hall–Kier alpha value is -1.85. The minimum absolute atomic E-state index is 0.0118. The molecule has 2 heterocycles. The first-order valence-electron chi connectivity index (χ1n) is 9.27. The van der Waals surface area contributed by atoms with Crippen LogP contribution in [0.5, 0.6) is 0 Å². The number of hydrogen-bond donors (Lipinski definition) is 2. The summed E-state index contributed by atoms with van der Waals surface area (Å²) in [6.07, 6.45) is 8.49. The molecule has 2 N–H and O–H groups in total. The van der Waals surface area contributed by atoms with Gasteiger partial charge in [0.25, 0.3) is 5.91 Å². The Labute approximate surface area is 143 Å². The predicted molar refractivity (Wildman–Crippen MR) is 91.7 cm³/mol. The molecule has 6 nitrogen and oxygen atoms in total. The summed E-state index contributed by atoms with van der Waals surface area (Å²) in [5.41, 5.74) is 1.49. The zero-order chi connectivity index (χ0) is 17.1. The second-order valence-corrected chi connectivity index (χ2v) is 7.05. The highest BCUT2D eigenvalue weighted by Crippen LogP contribution is 2.24. The molecule has 1 aromatic heterocycles. The fourth-order valence-electron chi connectivity index (χ4n) is 3.49. The average molecular weight is 332 g/mol. The van der Waals surface area contributed by atoms with Crippen LogP contribution in [0, 0.1) is 5.92 Å². The number of aromatic nitrogens is 2. The van der Waals surface area contributed by atoms with E-state index < -0.39 is 0 Å². The Morgan fingerprint density at radius 3 is 2.67 bits per heavy atom. The molecule has 1 aliphatic heterocycles. The Morgan fingerprint density at radius 2 is 2.04 bits per heavy atom. The summed E-state index contributed by atoms with van der Waals surface area (Å²) in [6, 6.07) is 0.572. The highest BCUT2D eigenvalue weighted by atomic mass is 16.2. The van der Waals surface area contributed by atoms with Gasteiger partial charge in [0.2, 0.25) is 5.91 Å². The third-order valence-corrected chi connectivity index (χ3v) is 5.45. The molecule has 1 fully saturated rings. The maximum Gasteiger partial charge on any atom is 0.271 e. The van der Waals surface area contributed by atoms with Crippen molar-refractivity contribution in [2.45, 2.75) is 77.4 Å². The number of nitrogens with zero attached hydrogens (tertiary/aromatic N) is 2. The summed E-state index contributed by atoms with van der Waals surface area (Å²) >= 11 is 0. The van der Waals surface area contributed by atoms with Gasteiger partial charge < -0.3 is 15.2 Å². The number of fused-ring (bicyclic) bond motifs is 1. The molecule has 0 saturated heterocycles. The second-order valence-electron chi connectivity index (χ2n) is 7.05. The normalized spacial score (nSPS) is 20.4. The molecular formula is C18H28N4O2. The van der Waals surface area contributed by atoms with Crippen LogP contribution in [0.15, 0.2) is 6.33 Å². The van der Waals surface area contributed by atoms with E-state index in [4.69, 9.17) is 0 Å². The SMILES string of the molecule is CCC(CC)NC(=O)c1ncn2c1CCC(C(=O)NC1CCC1)C2. The van der Waals surface area contributed by atoms with Gasteiger partial charge in [-0.1, -0.05) is 13.8 Å². The van der Waals surface area contributed by atoms with Gasteiger partial charge in [-0.15, -0.1) is 0 Å². The maximum atomic E-state index is 12.4. The quantitative estimate of drug-likeness (QED) is 0.837. The molecular weight excluding hydrogens is 304 g/mol. The van der Waals surface area contributed by atoms with E-state index in [0.717, 1.165) is 44.2 Å². The molecule has 1 aliphatic carbocycles. The standard InChI is InChI=1S/C18H28N4O2/c1-3-13(4-2)20-18(24)16-15-9-8-12(10-22(15)11-19-16)17(23)21-14-6-5-7-14/h11-14H,3-10H2,1-2H3,(H,20,24)(H,21,23). The van der Waals surface area contributed by atoms with Crippen LogP contribution >= 0.6 is 0 Å². The van der Waals surface area contributed by atoms with Crippen LogP contribution in [0.1, 0.15) is 68.6 Å². The second kappa shape index (κ2) is 7.36. The van der Waals surface area contributed by atoms with Crippen molar-refractivity contribution in [3.8, 4) is 0 Å². The molecule has 24 heavy (non-hydrogen) atoms. The van der Waals surface area contributed by atoms with Gasteiger partial charge in [0.1, 0.15) is 5.69 Å². The van der Waals surface area contributed by atoms with Gasteiger partial charge in [0.05, 0.1) is 17.9 Å². The van der Waals surface area contributed by atoms with Crippen molar-refractivity contribution in [2.24, 2.45) is 5.92 Å². The fourth-order valence-corrected chi connectivity index (χ4v) is 3.49. The molecule has 1 unspecified atom stereocenters. The topological polar surface area (TPSA) is 76.0 Å². The van der Waals surface area contributed by atoms with E-state index in [0.29, 0.717) is 18.3 Å². The number of hydrogen-bond acceptors (Lipinski definition) is 3. The van der Waals surface area contributed by atoms with Gasteiger partial charge >= 0.3 is 0 Å². The Kier molecular flexibility index (Phi) is 5.21. The molecule has 2 amide bonds. The highest BCUT2D eigenvalue weighted by molar-refractivity contribution is 5.93. The van der Waals surface area contributed by atoms with Crippen molar-refractivity contribution in [2.75, 3.05) is 0 Å². The first-order valence-corrected chi connectivity index (χ1v) is 9.27. The molecule has 0 spiro atoms. The van der Waals surface area contributed by atoms with E-state index in [1.165, 1.54) is 6.42 Å². The number of imidazole rings is 1. The zero-order valence-corrected chi connectivity index (χ0v) is 14.7. The van der Waals surface area contributed by atoms with Crippen LogP contribution in [0.4, 0.5) is 0 Å². The molecule has 132 valence electrons. The summed E-state index contributed by atoms with van der Waals surface area (Å²) in [7, 11) is 0. The van der Waals surface area contributed by atoms with E-state index >= 15 is 0 Å². The van der Waals surface area contributed by atoms with Gasteiger partial charge in [-0.2, -0.15) is 0 Å². The van der Waals surface area contributed by atoms with Gasteiger partial charge in [-0.05, 0) is 44.9 Å². The van der Waals surface area contributed by atoms with Gasteiger partial charge in [-0.3, -0.25) is 9.59 Å². The van der Waals surface area contributed by atoms with Crippen LogP contribution in [0.2, 0.25) is 0 Å². The predicted octanol–water partition coefficient (Wildman–Crippen LogP) is 2.03. The van der Waals surface area contributed by atoms with Crippen LogP contribution in [0.3, 0.4) is 0 Å². The van der Waals surface area contributed by atoms with Crippen molar-refractivity contribution in [1.29, 1.82) is 0 Å². The third-order valence-electron chi connectivity index (χ3n) is 5.45. The molecule has 1 atom stereocenters. The summed E-state index contributed by atoms with van der Waals surface area (Å²) in [4.78, 5) is 29.1. The van der Waals surface area contributed by atoms with Crippen LogP contribution in [-0.4, -0.2) is 33.4 Å². The maximum absolute atomic E-state index is 12.4. The number of nitrogens with one attached hydrogen (secondary N) is 2. The average Bonchev–Trinajstić information content (AvgIpc) is 2.98. The first kappa shape index (κ1) is 17.0. The van der Waals surface area contributed by atoms with E-state index in [2.05, 4.69) is 29.5 Å². The first-order chi connectivity index (χ1) is 11.6. The number of carbonyl (C=O) groups excluding carboxylic acids is 2. The minimum atomic E-state index is -0.0881. The van der Waals surface area contributed by atoms with E-state index in [1.807, 2.05) is 4.57 Å². The highest BCUT2D eigenvalue weighted by Gasteiger charge is 2.30. The van der Waals surface area contributed by atoms with Crippen molar-refractivity contribution < 1.29 is 9.59 Å². The lowest BCUT2D eigenvalue weighted by Crippen LogP contribution is -2.44. The van der Waals surface area contributed by atoms with Crippen molar-refractivity contribution >= 4 is 11.8 Å². The molecule has 2 aliphatic rings. The third kappa shape index (κ3) is 3.47. The van der Waals surface area contributed by atoms with Crippen molar-refractivity contribution in [1.82, 2.24) is 20.2 Å². The Balaban J connectivity index is 1.63.